The molecule has 0 saturated carbocycles. The summed E-state index contributed by atoms with van der Waals surface area (Å²) in [5.41, 5.74) is 1.64. The second kappa shape index (κ2) is 9.01. The molecule has 0 radical (unpaired) electrons. The van der Waals surface area contributed by atoms with Crippen molar-refractivity contribution in [3.63, 3.8) is 0 Å². The molecule has 0 fully saturated rings. The molecule has 0 heterocycles. The number of carbonyl (C=O) groups excluding carboxylic acids is 2. The number of aryl methyl sites for hydroxylation is 1. The predicted molar refractivity (Wildman–Crippen MR) is 105 cm³/mol. The smallest absolute Gasteiger partial charge is 0.261 e. The standard InChI is InChI=1S/C18H18Br2N2O3/c1-11-9-14(20)5-8-16(11)22-17(23)10-21-18(24)12(2)25-15-6-3-13(19)4-7-15/h3-9,12H,10H2,1-2H3,(H,21,24)(H,22,23). The van der Waals surface area contributed by atoms with Gasteiger partial charge in [-0.1, -0.05) is 31.9 Å². The Morgan fingerprint density at radius 2 is 1.72 bits per heavy atom. The van der Waals surface area contributed by atoms with Crippen LogP contribution in [0, 0.1) is 6.92 Å². The summed E-state index contributed by atoms with van der Waals surface area (Å²) in [4.78, 5) is 24.0. The van der Waals surface area contributed by atoms with Gasteiger partial charge in [-0.05, 0) is 61.9 Å². The van der Waals surface area contributed by atoms with Crippen molar-refractivity contribution in [2.45, 2.75) is 20.0 Å². The highest BCUT2D eigenvalue weighted by molar-refractivity contribution is 9.10. The van der Waals surface area contributed by atoms with Crippen LogP contribution in [-0.4, -0.2) is 24.5 Å². The van der Waals surface area contributed by atoms with E-state index in [9.17, 15) is 9.59 Å². The van der Waals surface area contributed by atoms with Gasteiger partial charge in [0.15, 0.2) is 6.10 Å². The lowest BCUT2D eigenvalue weighted by Crippen LogP contribution is -2.40. The van der Waals surface area contributed by atoms with Crippen molar-refractivity contribution in [1.29, 1.82) is 0 Å². The summed E-state index contributed by atoms with van der Waals surface area (Å²) in [5.74, 6) is -0.0685. The summed E-state index contributed by atoms with van der Waals surface area (Å²) in [6.45, 7) is 3.41. The summed E-state index contributed by atoms with van der Waals surface area (Å²) in [7, 11) is 0. The van der Waals surface area contributed by atoms with E-state index in [1.54, 1.807) is 25.1 Å². The first kappa shape index (κ1) is 19.5. The second-order valence-electron chi connectivity index (χ2n) is 5.44. The van der Waals surface area contributed by atoms with Crippen molar-refractivity contribution < 1.29 is 14.3 Å². The van der Waals surface area contributed by atoms with Crippen LogP contribution in [0.2, 0.25) is 0 Å². The quantitative estimate of drug-likeness (QED) is 0.670. The third kappa shape index (κ3) is 6.17. The fraction of sp³-hybridized carbons (Fsp3) is 0.222. The van der Waals surface area contributed by atoms with E-state index in [0.29, 0.717) is 11.4 Å². The molecule has 2 N–H and O–H groups in total. The Morgan fingerprint density at radius 1 is 1.08 bits per heavy atom. The molecule has 132 valence electrons. The van der Waals surface area contributed by atoms with Crippen molar-refractivity contribution in [3.8, 4) is 5.75 Å². The van der Waals surface area contributed by atoms with Crippen LogP contribution >= 0.6 is 31.9 Å². The fourth-order valence-corrected chi connectivity index (χ4v) is 2.78. The fourth-order valence-electron chi connectivity index (χ4n) is 2.04. The number of rotatable bonds is 6. The van der Waals surface area contributed by atoms with Crippen LogP contribution in [-0.2, 0) is 9.59 Å². The lowest BCUT2D eigenvalue weighted by Gasteiger charge is -2.15. The Morgan fingerprint density at radius 3 is 2.36 bits per heavy atom. The number of anilines is 1. The first-order chi connectivity index (χ1) is 11.8. The van der Waals surface area contributed by atoms with Crippen LogP contribution in [0.15, 0.2) is 51.4 Å². The Balaban J connectivity index is 1.82. The van der Waals surface area contributed by atoms with E-state index in [-0.39, 0.29) is 18.4 Å². The molecule has 0 aliphatic rings. The zero-order chi connectivity index (χ0) is 18.4. The molecule has 1 unspecified atom stereocenters. The zero-order valence-corrected chi connectivity index (χ0v) is 17.0. The Kier molecular flexibility index (Phi) is 7.01. The maximum atomic E-state index is 12.1. The molecule has 0 saturated heterocycles. The lowest BCUT2D eigenvalue weighted by molar-refractivity contribution is -0.129. The zero-order valence-electron chi connectivity index (χ0n) is 13.8. The molecule has 0 bridgehead atoms. The van der Waals surface area contributed by atoms with Gasteiger partial charge in [0.2, 0.25) is 5.91 Å². The van der Waals surface area contributed by atoms with Gasteiger partial charge in [0.1, 0.15) is 5.75 Å². The minimum absolute atomic E-state index is 0.123. The topological polar surface area (TPSA) is 67.4 Å². The average molecular weight is 470 g/mol. The Labute approximate surface area is 163 Å². The van der Waals surface area contributed by atoms with E-state index in [4.69, 9.17) is 4.74 Å². The highest BCUT2D eigenvalue weighted by Crippen LogP contribution is 2.20. The first-order valence-electron chi connectivity index (χ1n) is 7.61. The van der Waals surface area contributed by atoms with E-state index in [0.717, 1.165) is 14.5 Å². The van der Waals surface area contributed by atoms with Crippen molar-refractivity contribution in [3.05, 3.63) is 57.0 Å². The predicted octanol–water partition coefficient (Wildman–Crippen LogP) is 4.04. The molecule has 2 amide bonds. The van der Waals surface area contributed by atoms with Gasteiger partial charge in [-0.15, -0.1) is 0 Å². The van der Waals surface area contributed by atoms with E-state index in [1.165, 1.54) is 0 Å². The number of nitrogens with one attached hydrogen (secondary N) is 2. The first-order valence-corrected chi connectivity index (χ1v) is 9.19. The van der Waals surface area contributed by atoms with Gasteiger partial charge in [-0.2, -0.15) is 0 Å². The van der Waals surface area contributed by atoms with E-state index in [1.807, 2.05) is 31.2 Å². The van der Waals surface area contributed by atoms with Crippen LogP contribution in [0.3, 0.4) is 0 Å². The summed E-state index contributed by atoms with van der Waals surface area (Å²) in [6, 6.07) is 12.7. The highest BCUT2D eigenvalue weighted by atomic mass is 79.9. The third-order valence-electron chi connectivity index (χ3n) is 3.38. The number of carbonyl (C=O) groups is 2. The van der Waals surface area contributed by atoms with Gasteiger partial charge in [-0.3, -0.25) is 9.59 Å². The monoisotopic (exact) mass is 468 g/mol. The van der Waals surface area contributed by atoms with Crippen LogP contribution in [0.25, 0.3) is 0 Å². The summed E-state index contributed by atoms with van der Waals surface area (Å²) in [5, 5.41) is 5.34. The molecule has 0 aliphatic carbocycles. The van der Waals surface area contributed by atoms with Gasteiger partial charge in [0, 0.05) is 14.6 Å². The number of hydrogen-bond acceptors (Lipinski definition) is 3. The molecule has 7 heteroatoms. The molecule has 5 nitrogen and oxygen atoms in total. The normalized spacial score (nSPS) is 11.5. The molecule has 0 spiro atoms. The molecule has 1 atom stereocenters. The number of amides is 2. The van der Waals surface area contributed by atoms with Crippen molar-refractivity contribution in [2.75, 3.05) is 11.9 Å². The average Bonchev–Trinajstić information content (AvgIpc) is 2.57. The van der Waals surface area contributed by atoms with Crippen LogP contribution in [0.5, 0.6) is 5.75 Å². The lowest BCUT2D eigenvalue weighted by atomic mass is 10.2. The second-order valence-corrected chi connectivity index (χ2v) is 7.27. The van der Waals surface area contributed by atoms with Gasteiger partial charge in [-0.25, -0.2) is 0 Å². The number of hydrogen-bond donors (Lipinski definition) is 2. The maximum Gasteiger partial charge on any atom is 0.261 e. The van der Waals surface area contributed by atoms with Gasteiger partial charge in [0.25, 0.3) is 5.91 Å². The van der Waals surface area contributed by atoms with Crippen molar-refractivity contribution in [1.82, 2.24) is 5.32 Å². The maximum absolute atomic E-state index is 12.1. The van der Waals surface area contributed by atoms with E-state index < -0.39 is 6.10 Å². The molecular weight excluding hydrogens is 452 g/mol. The highest BCUT2D eigenvalue weighted by Gasteiger charge is 2.16. The molecule has 0 aromatic heterocycles. The van der Waals surface area contributed by atoms with Crippen LogP contribution in [0.4, 0.5) is 5.69 Å². The van der Waals surface area contributed by atoms with Crippen molar-refractivity contribution >= 4 is 49.4 Å². The Hall–Kier alpha value is -1.86. The molecule has 0 aliphatic heterocycles. The minimum Gasteiger partial charge on any atom is -0.481 e. The number of benzene rings is 2. The van der Waals surface area contributed by atoms with Crippen LogP contribution < -0.4 is 15.4 Å². The van der Waals surface area contributed by atoms with Gasteiger partial charge in [0.05, 0.1) is 6.54 Å². The largest absolute Gasteiger partial charge is 0.481 e. The van der Waals surface area contributed by atoms with E-state index >= 15 is 0 Å². The third-order valence-corrected chi connectivity index (χ3v) is 4.40. The molecule has 25 heavy (non-hydrogen) atoms. The molecular formula is C18H18Br2N2O3. The molecule has 2 rings (SSSR count). The summed E-state index contributed by atoms with van der Waals surface area (Å²) < 4.78 is 7.41. The molecule has 2 aromatic rings. The van der Waals surface area contributed by atoms with E-state index in [2.05, 4.69) is 42.5 Å². The van der Waals surface area contributed by atoms with Gasteiger partial charge < -0.3 is 15.4 Å². The SMILES string of the molecule is Cc1cc(Br)ccc1NC(=O)CNC(=O)C(C)Oc1ccc(Br)cc1. The Bertz CT molecular complexity index is 763. The molecule has 2 aromatic carbocycles. The number of ether oxygens (including phenoxy) is 1. The number of halogens is 2. The summed E-state index contributed by atoms with van der Waals surface area (Å²) >= 11 is 6.71. The minimum atomic E-state index is -0.705. The van der Waals surface area contributed by atoms with Crippen molar-refractivity contribution in [2.24, 2.45) is 0 Å². The summed E-state index contributed by atoms with van der Waals surface area (Å²) in [6.07, 6.45) is -0.705. The van der Waals surface area contributed by atoms with Gasteiger partial charge >= 0.3 is 0 Å². The van der Waals surface area contributed by atoms with Crippen LogP contribution in [0.1, 0.15) is 12.5 Å².